The fraction of sp³-hybridized carbons (Fsp3) is 0.300. The van der Waals surface area contributed by atoms with Crippen LogP contribution in [0.25, 0.3) is 0 Å². The first kappa shape index (κ1) is 13.8. The Balaban J connectivity index is 2.15. The van der Waals surface area contributed by atoms with E-state index in [1.807, 2.05) is 0 Å². The summed E-state index contributed by atoms with van der Waals surface area (Å²) in [6.45, 7) is 0.163. The molecule has 0 aliphatic carbocycles. The molecule has 1 aromatic heterocycles. The van der Waals surface area contributed by atoms with Gasteiger partial charge in [-0.3, -0.25) is 0 Å². The molecule has 102 valence electrons. The molecule has 19 heavy (non-hydrogen) atoms. The topological polar surface area (TPSA) is 55.6 Å². The zero-order chi connectivity index (χ0) is 14.0. The normalized spacial score (nSPS) is 11.6. The van der Waals surface area contributed by atoms with Gasteiger partial charge in [0.1, 0.15) is 0 Å². The van der Waals surface area contributed by atoms with Crippen LogP contribution in [0.3, 0.4) is 0 Å². The highest BCUT2D eigenvalue weighted by molar-refractivity contribution is 9.10. The molecule has 0 saturated carbocycles. The van der Waals surface area contributed by atoms with Crippen molar-refractivity contribution in [2.45, 2.75) is 12.7 Å². The second-order valence-corrected chi connectivity index (χ2v) is 4.61. The van der Waals surface area contributed by atoms with Gasteiger partial charge in [0.15, 0.2) is 0 Å². The van der Waals surface area contributed by atoms with Crippen molar-refractivity contribution in [3.63, 3.8) is 0 Å². The number of rotatable bonds is 3. The van der Waals surface area contributed by atoms with Crippen molar-refractivity contribution in [1.29, 1.82) is 0 Å². The predicted octanol–water partition coefficient (Wildman–Crippen LogP) is 2.60. The Morgan fingerprint density at radius 2 is 2.11 bits per heavy atom. The van der Waals surface area contributed by atoms with Gasteiger partial charge in [-0.25, -0.2) is 0 Å². The number of alkyl halides is 3. The van der Waals surface area contributed by atoms with Gasteiger partial charge in [0.2, 0.25) is 0 Å². The van der Waals surface area contributed by atoms with Crippen LogP contribution in [0.1, 0.15) is 11.1 Å². The summed E-state index contributed by atoms with van der Waals surface area (Å²) in [5, 5.41) is 14.0. The van der Waals surface area contributed by atoms with Gasteiger partial charge >= 0.3 is 6.18 Å². The summed E-state index contributed by atoms with van der Waals surface area (Å²) in [6, 6.07) is 3.46. The van der Waals surface area contributed by atoms with Crippen molar-refractivity contribution in [1.82, 2.24) is 20.2 Å². The van der Waals surface area contributed by atoms with E-state index in [0.717, 1.165) is 12.1 Å². The molecule has 1 N–H and O–H groups in total. The molecule has 0 saturated heterocycles. The first-order valence-electron chi connectivity index (χ1n) is 5.20. The van der Waals surface area contributed by atoms with Crippen LogP contribution < -0.4 is 5.32 Å². The number of hydrogen-bond donors (Lipinski definition) is 1. The summed E-state index contributed by atoms with van der Waals surface area (Å²) in [6.07, 6.45) is -4.36. The van der Waals surface area contributed by atoms with Gasteiger partial charge in [-0.2, -0.15) is 18.0 Å². The third-order valence-electron chi connectivity index (χ3n) is 2.32. The standard InChI is InChI=1S/C10H9BrF3N5/c1-19-17-9(16-18-19)15-5-6-4-7(10(12,13)14)2-3-8(6)11/h2-4H,5H2,1H3,(H,15,17). The van der Waals surface area contributed by atoms with Crippen molar-refractivity contribution < 1.29 is 13.2 Å². The number of anilines is 1. The molecule has 2 aromatic rings. The molecule has 0 aliphatic heterocycles. The third kappa shape index (κ3) is 3.43. The van der Waals surface area contributed by atoms with Gasteiger partial charge in [0.25, 0.3) is 5.95 Å². The Kier molecular flexibility index (Phi) is 3.74. The summed E-state index contributed by atoms with van der Waals surface area (Å²) in [5.41, 5.74) is -0.234. The molecule has 0 aliphatic rings. The second kappa shape index (κ2) is 5.16. The number of aryl methyl sites for hydroxylation is 1. The van der Waals surface area contributed by atoms with Gasteiger partial charge in [-0.15, -0.1) is 5.10 Å². The number of aromatic nitrogens is 4. The second-order valence-electron chi connectivity index (χ2n) is 3.76. The Bertz CT molecular complexity index is 581. The van der Waals surface area contributed by atoms with Gasteiger partial charge in [0, 0.05) is 11.0 Å². The lowest BCUT2D eigenvalue weighted by Gasteiger charge is -2.10. The average molecular weight is 336 g/mol. The number of nitrogens with one attached hydrogen (secondary N) is 1. The molecule has 0 spiro atoms. The maximum absolute atomic E-state index is 12.6. The minimum atomic E-state index is -4.36. The van der Waals surface area contributed by atoms with Crippen molar-refractivity contribution in [3.8, 4) is 0 Å². The van der Waals surface area contributed by atoms with E-state index in [0.29, 0.717) is 10.0 Å². The molecule has 0 radical (unpaired) electrons. The largest absolute Gasteiger partial charge is 0.416 e. The number of hydrogen-bond acceptors (Lipinski definition) is 4. The molecule has 5 nitrogen and oxygen atoms in total. The third-order valence-corrected chi connectivity index (χ3v) is 3.09. The molecule has 9 heteroatoms. The quantitative estimate of drug-likeness (QED) is 0.936. The van der Waals surface area contributed by atoms with E-state index >= 15 is 0 Å². The Morgan fingerprint density at radius 3 is 2.68 bits per heavy atom. The molecule has 0 fully saturated rings. The first-order valence-corrected chi connectivity index (χ1v) is 5.99. The van der Waals surface area contributed by atoms with Crippen LogP contribution in [0.15, 0.2) is 22.7 Å². The van der Waals surface area contributed by atoms with Crippen LogP contribution in [0, 0.1) is 0 Å². The summed E-state index contributed by atoms with van der Waals surface area (Å²) in [5.74, 6) is 0.256. The van der Waals surface area contributed by atoms with E-state index in [9.17, 15) is 13.2 Å². The fourth-order valence-corrected chi connectivity index (χ4v) is 1.80. The van der Waals surface area contributed by atoms with Gasteiger partial charge in [-0.1, -0.05) is 21.0 Å². The SMILES string of the molecule is Cn1nnc(NCc2cc(C(F)(F)F)ccc2Br)n1. The molecule has 0 amide bonds. The van der Waals surface area contributed by atoms with E-state index in [2.05, 4.69) is 36.7 Å². The minimum absolute atomic E-state index is 0.163. The van der Waals surface area contributed by atoms with Crippen LogP contribution in [0.5, 0.6) is 0 Å². The monoisotopic (exact) mass is 335 g/mol. The van der Waals surface area contributed by atoms with Gasteiger partial charge in [-0.05, 0) is 29.0 Å². The maximum Gasteiger partial charge on any atom is 0.416 e. The van der Waals surface area contributed by atoms with Crippen molar-refractivity contribution in [3.05, 3.63) is 33.8 Å². The maximum atomic E-state index is 12.6. The van der Waals surface area contributed by atoms with E-state index in [1.54, 1.807) is 7.05 Å². The lowest BCUT2D eigenvalue weighted by molar-refractivity contribution is -0.137. The zero-order valence-electron chi connectivity index (χ0n) is 9.74. The number of benzene rings is 1. The highest BCUT2D eigenvalue weighted by atomic mass is 79.9. The Morgan fingerprint density at radius 1 is 1.37 bits per heavy atom. The van der Waals surface area contributed by atoms with E-state index in [1.165, 1.54) is 10.9 Å². The number of nitrogens with zero attached hydrogens (tertiary/aromatic N) is 4. The fourth-order valence-electron chi connectivity index (χ4n) is 1.42. The van der Waals surface area contributed by atoms with Gasteiger partial charge in [0.05, 0.1) is 12.6 Å². The molecule has 0 bridgehead atoms. The van der Waals surface area contributed by atoms with Crippen LogP contribution >= 0.6 is 15.9 Å². The molecular weight excluding hydrogens is 327 g/mol. The van der Waals surface area contributed by atoms with Crippen molar-refractivity contribution >= 4 is 21.9 Å². The molecule has 0 unspecified atom stereocenters. The van der Waals surface area contributed by atoms with E-state index in [-0.39, 0.29) is 12.5 Å². The summed E-state index contributed by atoms with van der Waals surface area (Å²) in [4.78, 5) is 1.25. The Labute approximate surface area is 114 Å². The van der Waals surface area contributed by atoms with Crippen molar-refractivity contribution in [2.75, 3.05) is 5.32 Å². The molecule has 2 rings (SSSR count). The smallest absolute Gasteiger partial charge is 0.347 e. The van der Waals surface area contributed by atoms with Crippen molar-refractivity contribution in [2.24, 2.45) is 7.05 Å². The molecule has 1 heterocycles. The average Bonchev–Trinajstić information content (AvgIpc) is 2.72. The van der Waals surface area contributed by atoms with E-state index in [4.69, 9.17) is 0 Å². The van der Waals surface area contributed by atoms with Crippen LogP contribution in [-0.2, 0) is 19.8 Å². The minimum Gasteiger partial charge on any atom is -0.347 e. The molecule has 0 atom stereocenters. The van der Waals surface area contributed by atoms with Gasteiger partial charge < -0.3 is 5.32 Å². The number of halogens is 4. The Hall–Kier alpha value is -1.64. The summed E-state index contributed by atoms with van der Waals surface area (Å²) >= 11 is 3.21. The van der Waals surface area contributed by atoms with Crippen LogP contribution in [-0.4, -0.2) is 20.2 Å². The summed E-state index contributed by atoms with van der Waals surface area (Å²) in [7, 11) is 1.60. The molecule has 1 aromatic carbocycles. The number of tetrazole rings is 1. The van der Waals surface area contributed by atoms with Crippen LogP contribution in [0.2, 0.25) is 0 Å². The lowest BCUT2D eigenvalue weighted by Crippen LogP contribution is -2.08. The summed E-state index contributed by atoms with van der Waals surface area (Å²) < 4.78 is 38.4. The first-order chi connectivity index (χ1) is 8.86. The van der Waals surface area contributed by atoms with Crippen LogP contribution in [0.4, 0.5) is 19.1 Å². The highest BCUT2D eigenvalue weighted by Crippen LogP contribution is 2.32. The zero-order valence-corrected chi connectivity index (χ0v) is 11.3. The van der Waals surface area contributed by atoms with E-state index < -0.39 is 11.7 Å². The lowest BCUT2D eigenvalue weighted by atomic mass is 10.1. The highest BCUT2D eigenvalue weighted by Gasteiger charge is 2.30. The predicted molar refractivity (Wildman–Crippen MR) is 65.3 cm³/mol. The molecular formula is C10H9BrF3N5.